The molecule has 0 spiro atoms. The van der Waals surface area contributed by atoms with E-state index in [1.54, 1.807) is 0 Å². The highest BCUT2D eigenvalue weighted by molar-refractivity contribution is 7.89. The highest BCUT2D eigenvalue weighted by Crippen LogP contribution is 2.22. The van der Waals surface area contributed by atoms with Crippen LogP contribution < -0.4 is 0 Å². The second kappa shape index (κ2) is 5.80. The van der Waals surface area contributed by atoms with Gasteiger partial charge >= 0.3 is 5.97 Å². The Morgan fingerprint density at radius 3 is 2.05 bits per heavy atom. The average molecular weight is 311 g/mol. The van der Waals surface area contributed by atoms with Crippen molar-refractivity contribution in [2.75, 3.05) is 6.54 Å². The fourth-order valence-electron chi connectivity index (χ4n) is 1.49. The molecule has 0 aliphatic carbocycles. The Kier molecular flexibility index (Phi) is 4.77. The Morgan fingerprint density at radius 1 is 1.25 bits per heavy atom. The second-order valence-corrected chi connectivity index (χ2v) is 6.13. The quantitative estimate of drug-likeness (QED) is 0.838. The van der Waals surface area contributed by atoms with Gasteiger partial charge in [0, 0.05) is 6.04 Å². The number of carboxylic acids is 1. The molecule has 0 unspecified atom stereocenters. The van der Waals surface area contributed by atoms with Crippen molar-refractivity contribution < 1.29 is 31.5 Å². The van der Waals surface area contributed by atoms with E-state index in [-0.39, 0.29) is 0 Å². The number of sulfonamides is 1. The SMILES string of the molecule is CC(C)N(CC(=O)O)S(=O)(=O)c1cc(F)c(F)c(F)c1. The summed E-state index contributed by atoms with van der Waals surface area (Å²) in [5.74, 6) is -6.55. The molecular formula is C11H12F3NO4S. The third-order valence-electron chi connectivity index (χ3n) is 2.43. The van der Waals surface area contributed by atoms with Gasteiger partial charge in [-0.1, -0.05) is 0 Å². The van der Waals surface area contributed by atoms with Crippen molar-refractivity contribution in [2.24, 2.45) is 0 Å². The van der Waals surface area contributed by atoms with Gasteiger partial charge in [0.25, 0.3) is 0 Å². The van der Waals surface area contributed by atoms with E-state index in [0.717, 1.165) is 0 Å². The number of carboxylic acid groups (broad SMARTS) is 1. The van der Waals surface area contributed by atoms with Gasteiger partial charge in [-0.2, -0.15) is 4.31 Å². The lowest BCUT2D eigenvalue weighted by Crippen LogP contribution is -2.40. The minimum Gasteiger partial charge on any atom is -0.480 e. The molecule has 0 aliphatic heterocycles. The summed E-state index contributed by atoms with van der Waals surface area (Å²) in [7, 11) is -4.45. The Bertz CT molecular complexity index is 608. The Morgan fingerprint density at radius 2 is 1.70 bits per heavy atom. The molecular weight excluding hydrogens is 299 g/mol. The topological polar surface area (TPSA) is 74.7 Å². The molecule has 0 saturated heterocycles. The molecule has 0 fully saturated rings. The fraction of sp³-hybridized carbons (Fsp3) is 0.364. The van der Waals surface area contributed by atoms with E-state index < -0.39 is 50.9 Å². The lowest BCUT2D eigenvalue weighted by molar-refractivity contribution is -0.137. The number of benzene rings is 1. The summed E-state index contributed by atoms with van der Waals surface area (Å²) < 4.78 is 63.8. The van der Waals surface area contributed by atoms with E-state index in [2.05, 4.69) is 0 Å². The first kappa shape index (κ1) is 16.4. The molecule has 0 bridgehead atoms. The van der Waals surface area contributed by atoms with Crippen LogP contribution in [-0.2, 0) is 14.8 Å². The first-order valence-electron chi connectivity index (χ1n) is 5.45. The van der Waals surface area contributed by atoms with Crippen molar-refractivity contribution in [3.63, 3.8) is 0 Å². The monoisotopic (exact) mass is 311 g/mol. The highest BCUT2D eigenvalue weighted by Gasteiger charge is 2.30. The maximum absolute atomic E-state index is 13.1. The molecule has 0 aliphatic rings. The largest absolute Gasteiger partial charge is 0.480 e. The number of hydrogen-bond donors (Lipinski definition) is 1. The van der Waals surface area contributed by atoms with Crippen molar-refractivity contribution in [2.45, 2.75) is 24.8 Å². The zero-order valence-electron chi connectivity index (χ0n) is 10.6. The summed E-state index contributed by atoms with van der Waals surface area (Å²) >= 11 is 0. The van der Waals surface area contributed by atoms with Gasteiger partial charge in [0.15, 0.2) is 17.5 Å². The molecule has 1 N–H and O–H groups in total. The number of nitrogens with zero attached hydrogens (tertiary/aromatic N) is 1. The van der Waals surface area contributed by atoms with Crippen LogP contribution in [-0.4, -0.2) is 36.4 Å². The molecule has 0 radical (unpaired) electrons. The zero-order valence-corrected chi connectivity index (χ0v) is 11.4. The van der Waals surface area contributed by atoms with Crippen LogP contribution in [0.2, 0.25) is 0 Å². The molecule has 1 aromatic rings. The fourth-order valence-corrected chi connectivity index (χ4v) is 3.11. The van der Waals surface area contributed by atoms with E-state index in [1.165, 1.54) is 13.8 Å². The minimum absolute atomic E-state index is 0.310. The molecule has 9 heteroatoms. The lowest BCUT2D eigenvalue weighted by Gasteiger charge is -2.24. The van der Waals surface area contributed by atoms with Crippen molar-refractivity contribution in [1.29, 1.82) is 0 Å². The van der Waals surface area contributed by atoms with E-state index in [9.17, 15) is 26.4 Å². The van der Waals surface area contributed by atoms with Gasteiger partial charge < -0.3 is 5.11 Å². The van der Waals surface area contributed by atoms with Gasteiger partial charge in [-0.15, -0.1) is 0 Å². The second-order valence-electron chi connectivity index (χ2n) is 4.24. The Labute approximate surface area is 113 Å². The zero-order chi connectivity index (χ0) is 15.7. The normalized spacial score (nSPS) is 12.2. The predicted molar refractivity (Wildman–Crippen MR) is 63.0 cm³/mol. The number of rotatable bonds is 5. The maximum Gasteiger partial charge on any atom is 0.318 e. The summed E-state index contributed by atoms with van der Waals surface area (Å²) in [4.78, 5) is 9.82. The number of hydrogen-bond acceptors (Lipinski definition) is 3. The Hall–Kier alpha value is -1.61. The predicted octanol–water partition coefficient (Wildman–Crippen LogP) is 1.59. The van der Waals surface area contributed by atoms with E-state index in [0.29, 0.717) is 16.4 Å². The molecule has 112 valence electrons. The van der Waals surface area contributed by atoms with Crippen LogP contribution in [0.25, 0.3) is 0 Å². The van der Waals surface area contributed by atoms with E-state index in [1.807, 2.05) is 0 Å². The van der Waals surface area contributed by atoms with Crippen LogP contribution in [0, 0.1) is 17.5 Å². The van der Waals surface area contributed by atoms with Gasteiger partial charge in [0.2, 0.25) is 10.0 Å². The standard InChI is InChI=1S/C11H12F3NO4S/c1-6(2)15(5-10(16)17)20(18,19)7-3-8(12)11(14)9(13)4-7/h3-4,6H,5H2,1-2H3,(H,16,17). The van der Waals surface area contributed by atoms with E-state index in [4.69, 9.17) is 5.11 Å². The number of carbonyl (C=O) groups is 1. The van der Waals surface area contributed by atoms with E-state index >= 15 is 0 Å². The Balaban J connectivity index is 3.37. The summed E-state index contributed by atoms with van der Waals surface area (Å²) in [6.45, 7) is 1.92. The van der Waals surface area contributed by atoms with Gasteiger partial charge in [0.05, 0.1) is 4.90 Å². The molecule has 0 saturated carbocycles. The van der Waals surface area contributed by atoms with Crippen LogP contribution in [0.5, 0.6) is 0 Å². The molecule has 20 heavy (non-hydrogen) atoms. The van der Waals surface area contributed by atoms with Crippen LogP contribution in [0.15, 0.2) is 17.0 Å². The van der Waals surface area contributed by atoms with Gasteiger partial charge in [-0.05, 0) is 26.0 Å². The van der Waals surface area contributed by atoms with Crippen LogP contribution in [0.1, 0.15) is 13.8 Å². The van der Waals surface area contributed by atoms with Gasteiger partial charge in [-0.25, -0.2) is 21.6 Å². The summed E-state index contributed by atoms with van der Waals surface area (Å²) in [5, 5.41) is 8.68. The smallest absolute Gasteiger partial charge is 0.318 e. The van der Waals surface area contributed by atoms with Crippen molar-refractivity contribution >= 4 is 16.0 Å². The van der Waals surface area contributed by atoms with Crippen molar-refractivity contribution in [3.8, 4) is 0 Å². The number of aliphatic carboxylic acids is 1. The number of halogens is 3. The minimum atomic E-state index is -4.45. The third-order valence-corrected chi connectivity index (χ3v) is 4.43. The van der Waals surface area contributed by atoms with Crippen LogP contribution >= 0.6 is 0 Å². The molecule has 0 heterocycles. The average Bonchev–Trinajstić information content (AvgIpc) is 2.31. The summed E-state index contributed by atoms with van der Waals surface area (Å²) in [5.41, 5.74) is 0. The highest BCUT2D eigenvalue weighted by atomic mass is 32.2. The molecule has 1 aromatic carbocycles. The molecule has 0 atom stereocenters. The lowest BCUT2D eigenvalue weighted by atomic mass is 10.3. The summed E-state index contributed by atoms with van der Waals surface area (Å²) in [6.07, 6.45) is 0. The van der Waals surface area contributed by atoms with Crippen LogP contribution in [0.4, 0.5) is 13.2 Å². The van der Waals surface area contributed by atoms with Crippen molar-refractivity contribution in [3.05, 3.63) is 29.6 Å². The third kappa shape index (κ3) is 3.28. The first-order chi connectivity index (χ1) is 9.07. The van der Waals surface area contributed by atoms with Crippen molar-refractivity contribution in [1.82, 2.24) is 4.31 Å². The van der Waals surface area contributed by atoms with Gasteiger partial charge in [-0.3, -0.25) is 4.79 Å². The molecule has 1 rings (SSSR count). The van der Waals surface area contributed by atoms with Crippen LogP contribution in [0.3, 0.4) is 0 Å². The first-order valence-corrected chi connectivity index (χ1v) is 6.89. The molecule has 0 amide bonds. The molecule has 5 nitrogen and oxygen atoms in total. The molecule has 0 aromatic heterocycles. The van der Waals surface area contributed by atoms with Gasteiger partial charge in [0.1, 0.15) is 6.54 Å². The maximum atomic E-state index is 13.1. The summed E-state index contributed by atoms with van der Waals surface area (Å²) in [6, 6.07) is -0.136.